The number of fused-ring (bicyclic) bond motifs is 4. The zero-order valence-electron chi connectivity index (χ0n) is 24.9. The van der Waals surface area contributed by atoms with E-state index < -0.39 is 38.5 Å². The zero-order valence-corrected chi connectivity index (χ0v) is 25.7. The van der Waals surface area contributed by atoms with Crippen LogP contribution in [0.5, 0.6) is 11.6 Å². The van der Waals surface area contributed by atoms with E-state index in [4.69, 9.17) is 24.7 Å². The minimum atomic E-state index is -4.55. The second-order valence-electron chi connectivity index (χ2n) is 12.0. The molecule has 4 N–H and O–H groups in total. The number of nitrogens with zero attached hydrogens (tertiary/aromatic N) is 3. The highest BCUT2D eigenvalue weighted by Gasteiger charge is 2.45. The fraction of sp³-hybridized carbons (Fsp3) is 0.355. The number of carbonyl (C=O) groups is 1. The van der Waals surface area contributed by atoms with E-state index in [1.165, 1.54) is 24.3 Å². The second-order valence-corrected chi connectivity index (χ2v) is 13.9. The SMILES string of the molecule is NC(=O)c1cccc(S(=O)(=O)c2cc3c(c([N+](=O)[O-])c2)N[C@@H](C2CCOCC2)CO3)c1N1c2cc3cc[nH]c3nc2O[C@@H]2COC[C@H]21. The predicted molar refractivity (Wildman–Crippen MR) is 167 cm³/mol. The second kappa shape index (κ2) is 11.1. The van der Waals surface area contributed by atoms with Crippen LogP contribution >= 0.6 is 0 Å². The minimum absolute atomic E-state index is 0.000680. The lowest BCUT2D eigenvalue weighted by atomic mass is 9.91. The van der Waals surface area contributed by atoms with Crippen LogP contribution in [0.4, 0.5) is 22.7 Å². The first kappa shape index (κ1) is 29.5. The molecule has 16 heteroatoms. The van der Waals surface area contributed by atoms with E-state index in [2.05, 4.69) is 15.3 Å². The summed E-state index contributed by atoms with van der Waals surface area (Å²) in [5, 5.41) is 16.3. The summed E-state index contributed by atoms with van der Waals surface area (Å²) in [6.45, 7) is 1.77. The Kier molecular flexibility index (Phi) is 6.96. The molecule has 2 aromatic heterocycles. The largest absolute Gasteiger partial charge is 0.489 e. The van der Waals surface area contributed by atoms with Crippen molar-refractivity contribution in [3.05, 3.63) is 64.3 Å². The number of primary amides is 1. The van der Waals surface area contributed by atoms with Gasteiger partial charge in [0, 0.05) is 36.9 Å². The Morgan fingerprint density at radius 2 is 1.91 bits per heavy atom. The number of nitro groups is 1. The molecule has 3 atom stereocenters. The molecule has 15 nitrogen and oxygen atoms in total. The first-order valence-corrected chi connectivity index (χ1v) is 16.7. The maximum atomic E-state index is 14.6. The lowest BCUT2D eigenvalue weighted by Gasteiger charge is -2.40. The van der Waals surface area contributed by atoms with E-state index in [0.29, 0.717) is 24.5 Å². The third-order valence-electron chi connectivity index (χ3n) is 9.28. The molecule has 4 aliphatic heterocycles. The number of nitrogens with one attached hydrogen (secondary N) is 2. The van der Waals surface area contributed by atoms with E-state index in [1.54, 1.807) is 17.2 Å². The molecular weight excluding hydrogens is 632 g/mol. The molecule has 0 saturated carbocycles. The average molecular weight is 663 g/mol. The van der Waals surface area contributed by atoms with Crippen LogP contribution in [0.15, 0.2) is 58.5 Å². The van der Waals surface area contributed by atoms with Crippen LogP contribution in [0.3, 0.4) is 0 Å². The van der Waals surface area contributed by atoms with Gasteiger partial charge in [0.1, 0.15) is 24.0 Å². The zero-order chi connectivity index (χ0) is 32.4. The number of pyridine rings is 1. The van der Waals surface area contributed by atoms with Gasteiger partial charge in [-0.2, -0.15) is 4.98 Å². The highest BCUT2D eigenvalue weighted by molar-refractivity contribution is 7.91. The summed E-state index contributed by atoms with van der Waals surface area (Å²) in [5.41, 5.74) is 6.46. The standard InChI is InChI=1S/C31H30N6O9S/c32-29(38)19-2-1-3-26(28(19)36-22-10-17-4-7-33-30(17)35-31(22)46-25-15-44-14-23(25)36)47(41,42)18-11-21(37(39)40)27-24(12-18)45-13-20(34-27)16-5-8-43-9-6-16/h1-4,7,10-12,16,20,23,25,34H,5-6,8-9,13-15H2,(H2,32,38)(H,33,35)/t20-,23-,25-/m1/s1. The number of anilines is 3. The maximum Gasteiger partial charge on any atom is 0.297 e. The van der Waals surface area contributed by atoms with E-state index in [0.717, 1.165) is 24.3 Å². The molecule has 2 fully saturated rings. The normalized spacial score (nSPS) is 22.4. The Morgan fingerprint density at radius 3 is 2.70 bits per heavy atom. The Labute approximate surface area is 268 Å². The topological polar surface area (TPSA) is 201 Å². The van der Waals surface area contributed by atoms with Gasteiger partial charge in [-0.15, -0.1) is 0 Å². The first-order chi connectivity index (χ1) is 22.7. The number of aromatic nitrogens is 2. The van der Waals surface area contributed by atoms with Crippen LogP contribution in [0.1, 0.15) is 23.2 Å². The van der Waals surface area contributed by atoms with Gasteiger partial charge < -0.3 is 39.9 Å². The van der Waals surface area contributed by atoms with Crippen molar-refractivity contribution in [1.82, 2.24) is 9.97 Å². The number of hydrogen-bond donors (Lipinski definition) is 3. The first-order valence-electron chi connectivity index (χ1n) is 15.2. The molecule has 0 spiro atoms. The highest BCUT2D eigenvalue weighted by atomic mass is 32.2. The molecule has 2 saturated heterocycles. The van der Waals surface area contributed by atoms with Crippen molar-refractivity contribution in [3.8, 4) is 11.6 Å². The van der Waals surface area contributed by atoms with Crippen LogP contribution in [0.25, 0.3) is 11.0 Å². The molecular formula is C31H30N6O9S. The third kappa shape index (κ3) is 4.82. The summed E-state index contributed by atoms with van der Waals surface area (Å²) >= 11 is 0. The number of para-hydroxylation sites is 1. The number of H-pyrrole nitrogens is 1. The number of hydrogen-bond acceptors (Lipinski definition) is 12. The van der Waals surface area contributed by atoms with Gasteiger partial charge in [0.25, 0.3) is 11.6 Å². The van der Waals surface area contributed by atoms with Gasteiger partial charge in [0.15, 0.2) is 11.4 Å². The Balaban J connectivity index is 1.28. The van der Waals surface area contributed by atoms with E-state index >= 15 is 0 Å². The van der Waals surface area contributed by atoms with Crippen LogP contribution in [0.2, 0.25) is 0 Å². The smallest absolute Gasteiger partial charge is 0.297 e. The molecule has 244 valence electrons. The van der Waals surface area contributed by atoms with Gasteiger partial charge >= 0.3 is 0 Å². The van der Waals surface area contributed by atoms with Crippen molar-refractivity contribution in [3.63, 3.8) is 0 Å². The van der Waals surface area contributed by atoms with Crippen molar-refractivity contribution >= 4 is 49.5 Å². The molecule has 2 aromatic carbocycles. The number of rotatable bonds is 6. The molecule has 0 radical (unpaired) electrons. The van der Waals surface area contributed by atoms with E-state index in [-0.39, 0.29) is 70.1 Å². The summed E-state index contributed by atoms with van der Waals surface area (Å²) in [5.74, 6) is -0.411. The number of aromatic amines is 1. The number of amides is 1. The van der Waals surface area contributed by atoms with Gasteiger partial charge in [-0.05, 0) is 43.0 Å². The lowest BCUT2D eigenvalue weighted by molar-refractivity contribution is -0.384. The Morgan fingerprint density at radius 1 is 1.09 bits per heavy atom. The highest BCUT2D eigenvalue weighted by Crippen LogP contribution is 2.48. The van der Waals surface area contributed by atoms with Crippen LogP contribution in [-0.2, 0) is 19.3 Å². The summed E-state index contributed by atoms with van der Waals surface area (Å²) in [6, 6.07) is 9.37. The fourth-order valence-electron chi connectivity index (χ4n) is 6.92. The van der Waals surface area contributed by atoms with Crippen LogP contribution in [-0.4, -0.2) is 80.4 Å². The molecule has 4 aromatic rings. The molecule has 8 rings (SSSR count). The van der Waals surface area contributed by atoms with Gasteiger partial charge in [-0.3, -0.25) is 14.9 Å². The van der Waals surface area contributed by atoms with Crippen LogP contribution < -0.4 is 25.4 Å². The number of carbonyl (C=O) groups excluding carboxylic acids is 1. The summed E-state index contributed by atoms with van der Waals surface area (Å²) in [6.07, 6.45) is 2.74. The number of nitrogens with two attached hydrogens (primary N) is 1. The average Bonchev–Trinajstić information content (AvgIpc) is 3.74. The Hall–Kier alpha value is -4.93. The van der Waals surface area contributed by atoms with Crippen molar-refractivity contribution in [1.29, 1.82) is 0 Å². The summed E-state index contributed by atoms with van der Waals surface area (Å²) < 4.78 is 52.7. The van der Waals surface area contributed by atoms with Gasteiger partial charge in [-0.25, -0.2) is 8.42 Å². The summed E-state index contributed by atoms with van der Waals surface area (Å²) in [7, 11) is -4.55. The molecule has 0 aliphatic carbocycles. The van der Waals surface area contributed by atoms with Crippen molar-refractivity contribution in [2.75, 3.05) is 43.3 Å². The molecule has 47 heavy (non-hydrogen) atoms. The number of nitro benzene ring substituents is 1. The molecule has 1 amide bonds. The number of sulfone groups is 1. The summed E-state index contributed by atoms with van der Waals surface area (Å²) in [4.78, 5) is 33.4. The maximum absolute atomic E-state index is 14.6. The molecule has 6 heterocycles. The fourth-order valence-corrected chi connectivity index (χ4v) is 8.43. The van der Waals surface area contributed by atoms with Crippen molar-refractivity contribution in [2.24, 2.45) is 11.7 Å². The van der Waals surface area contributed by atoms with Gasteiger partial charge in [0.2, 0.25) is 15.7 Å². The Bertz CT molecular complexity index is 2040. The van der Waals surface area contributed by atoms with Crippen molar-refractivity contribution < 1.29 is 37.1 Å². The molecule has 0 bridgehead atoms. The monoisotopic (exact) mass is 662 g/mol. The predicted octanol–water partition coefficient (Wildman–Crippen LogP) is 3.30. The number of ether oxygens (including phenoxy) is 4. The minimum Gasteiger partial charge on any atom is -0.489 e. The third-order valence-corrected chi connectivity index (χ3v) is 11.0. The van der Waals surface area contributed by atoms with Crippen molar-refractivity contribution in [2.45, 2.75) is 40.8 Å². The van der Waals surface area contributed by atoms with Gasteiger partial charge in [-0.1, -0.05) is 6.07 Å². The quantitative estimate of drug-likeness (QED) is 0.201. The lowest BCUT2D eigenvalue weighted by Crippen LogP contribution is -2.47. The van der Waals surface area contributed by atoms with Gasteiger partial charge in [0.05, 0.1) is 51.3 Å². The molecule has 4 aliphatic rings. The van der Waals surface area contributed by atoms with E-state index in [9.17, 15) is 23.3 Å². The number of benzene rings is 2. The molecule has 0 unspecified atom stereocenters. The van der Waals surface area contributed by atoms with Crippen LogP contribution in [0, 0.1) is 16.0 Å². The van der Waals surface area contributed by atoms with E-state index in [1.807, 2.05) is 6.07 Å².